The van der Waals surface area contributed by atoms with Gasteiger partial charge in [-0.1, -0.05) is 24.4 Å². The van der Waals surface area contributed by atoms with Gasteiger partial charge in [0.2, 0.25) is 0 Å². The van der Waals surface area contributed by atoms with Crippen molar-refractivity contribution < 1.29 is 4.39 Å². The topological polar surface area (TPSA) is 4.36 Å². The summed E-state index contributed by atoms with van der Waals surface area (Å²) in [6.45, 7) is 7.50. The van der Waals surface area contributed by atoms with Gasteiger partial charge in [-0.3, -0.25) is 0 Å². The van der Waals surface area contributed by atoms with Crippen molar-refractivity contribution >= 4 is 11.6 Å². The van der Waals surface area contributed by atoms with Crippen LogP contribution in [0.5, 0.6) is 0 Å². The van der Waals surface area contributed by atoms with Crippen LogP contribution in [0.4, 0.5) is 4.39 Å². The van der Waals surface area contributed by atoms with Crippen molar-refractivity contribution in [1.29, 1.82) is 0 Å². The van der Waals surface area contributed by atoms with E-state index in [9.17, 15) is 4.39 Å². The summed E-state index contributed by atoms with van der Waals surface area (Å²) in [5, 5.41) is 0.392. The molecule has 0 unspecified atom stereocenters. The van der Waals surface area contributed by atoms with Gasteiger partial charge in [0.1, 0.15) is 5.82 Å². The Morgan fingerprint density at radius 3 is 2.35 bits per heavy atom. The summed E-state index contributed by atoms with van der Waals surface area (Å²) in [6, 6.07) is 4.40. The molecule has 1 aromatic carbocycles. The van der Waals surface area contributed by atoms with Crippen LogP contribution in [-0.4, -0.2) is 0 Å². The zero-order valence-electron chi connectivity index (χ0n) is 9.68. The maximum absolute atomic E-state index is 13.1. The Morgan fingerprint density at radius 2 is 1.82 bits per heavy atom. The molecular weight excluding hydrogens is 237 g/mol. The molecule has 0 heterocycles. The molecule has 0 aliphatic heterocycles. The number of hydrogen-bond donors (Lipinski definition) is 0. The molecule has 1 aliphatic rings. The third-order valence-electron chi connectivity index (χ3n) is 3.58. The highest BCUT2D eigenvalue weighted by Crippen LogP contribution is 2.42. The molecule has 0 N–H and O–H groups in total. The number of nitrogens with zero attached hydrogens (tertiary/aromatic N) is 1. The number of hydrogen-bond acceptors (Lipinski definition) is 0. The molecule has 90 valence electrons. The molecule has 17 heavy (non-hydrogen) atoms. The highest BCUT2D eigenvalue weighted by atomic mass is 35.5. The van der Waals surface area contributed by atoms with E-state index in [1.54, 1.807) is 6.07 Å². The molecule has 0 bridgehead atoms. The fourth-order valence-electron chi connectivity index (χ4n) is 2.62. The highest BCUT2D eigenvalue weighted by Gasteiger charge is 2.40. The summed E-state index contributed by atoms with van der Waals surface area (Å²) in [4.78, 5) is 3.84. The van der Waals surface area contributed by atoms with Crippen LogP contribution in [0.3, 0.4) is 0 Å². The maximum atomic E-state index is 13.1. The van der Waals surface area contributed by atoms with Crippen LogP contribution >= 0.6 is 11.6 Å². The molecule has 0 radical (unpaired) electrons. The van der Waals surface area contributed by atoms with Gasteiger partial charge in [0, 0.05) is 12.8 Å². The second-order valence-corrected chi connectivity index (χ2v) is 5.09. The number of halogens is 2. The normalized spacial score (nSPS) is 19.4. The zero-order chi connectivity index (χ0) is 12.3. The van der Waals surface area contributed by atoms with Crippen LogP contribution in [0, 0.1) is 12.4 Å². The van der Waals surface area contributed by atoms with Gasteiger partial charge < -0.3 is 4.85 Å². The smallest absolute Gasteiger partial charge is 0.259 e. The standard InChI is InChI=1S/C14H15ClFN/c1-17-14(8-4-2-3-5-9-14)12-7-6-11(16)10-13(12)15/h6-7,10H,2-5,8-9H2. The molecule has 2 rings (SSSR count). The zero-order valence-corrected chi connectivity index (χ0v) is 10.4. The van der Waals surface area contributed by atoms with Crippen molar-refractivity contribution in [3.63, 3.8) is 0 Å². The molecule has 0 aromatic heterocycles. The molecule has 3 heteroatoms. The minimum atomic E-state index is -0.527. The summed E-state index contributed by atoms with van der Waals surface area (Å²) in [7, 11) is 0. The third-order valence-corrected chi connectivity index (χ3v) is 3.89. The molecule has 0 saturated heterocycles. The predicted molar refractivity (Wildman–Crippen MR) is 67.4 cm³/mol. The molecule has 1 aliphatic carbocycles. The molecule has 1 nitrogen and oxygen atoms in total. The largest absolute Gasteiger partial charge is 0.305 e. The van der Waals surface area contributed by atoms with E-state index in [2.05, 4.69) is 4.85 Å². The van der Waals surface area contributed by atoms with Gasteiger partial charge in [0.05, 0.1) is 10.6 Å². The fraction of sp³-hybridized carbons (Fsp3) is 0.500. The van der Waals surface area contributed by atoms with E-state index in [1.807, 2.05) is 0 Å². The summed E-state index contributed by atoms with van der Waals surface area (Å²) in [6.07, 6.45) is 6.13. The van der Waals surface area contributed by atoms with Crippen LogP contribution in [0.1, 0.15) is 44.1 Å². The van der Waals surface area contributed by atoms with E-state index in [1.165, 1.54) is 25.0 Å². The fourth-order valence-corrected chi connectivity index (χ4v) is 2.96. The van der Waals surface area contributed by atoms with Crippen molar-refractivity contribution in [3.05, 3.63) is 46.0 Å². The van der Waals surface area contributed by atoms with Crippen molar-refractivity contribution in [1.82, 2.24) is 0 Å². The molecule has 1 fully saturated rings. The first-order chi connectivity index (χ1) is 8.18. The minimum Gasteiger partial charge on any atom is -0.305 e. The Bertz CT molecular complexity index is 442. The van der Waals surface area contributed by atoms with E-state index in [0.29, 0.717) is 5.02 Å². The van der Waals surface area contributed by atoms with E-state index >= 15 is 0 Å². The Kier molecular flexibility index (Phi) is 3.69. The maximum Gasteiger partial charge on any atom is 0.259 e. The first-order valence-electron chi connectivity index (χ1n) is 6.02. The number of rotatable bonds is 1. The van der Waals surface area contributed by atoms with Crippen molar-refractivity contribution in [2.45, 2.75) is 44.1 Å². The first-order valence-corrected chi connectivity index (χ1v) is 6.40. The average molecular weight is 252 g/mol. The third kappa shape index (κ3) is 2.45. The molecular formula is C14H15ClFN. The lowest BCUT2D eigenvalue weighted by molar-refractivity contribution is 0.457. The Labute approximate surface area is 106 Å². The lowest BCUT2D eigenvalue weighted by atomic mass is 9.83. The van der Waals surface area contributed by atoms with Crippen molar-refractivity contribution in [2.75, 3.05) is 0 Å². The highest BCUT2D eigenvalue weighted by molar-refractivity contribution is 6.31. The van der Waals surface area contributed by atoms with Crippen LogP contribution in [-0.2, 0) is 5.54 Å². The molecule has 0 spiro atoms. The van der Waals surface area contributed by atoms with Gasteiger partial charge in [-0.2, -0.15) is 0 Å². The minimum absolute atomic E-state index is 0.340. The Morgan fingerprint density at radius 1 is 1.18 bits per heavy atom. The van der Waals surface area contributed by atoms with Crippen LogP contribution in [0.15, 0.2) is 18.2 Å². The first kappa shape index (κ1) is 12.4. The molecule has 0 atom stereocenters. The monoisotopic (exact) mass is 251 g/mol. The van der Waals surface area contributed by atoms with Crippen molar-refractivity contribution in [2.24, 2.45) is 0 Å². The summed E-state index contributed by atoms with van der Waals surface area (Å²) < 4.78 is 13.1. The SMILES string of the molecule is [C-]#[N+]C1(c2ccc(F)cc2Cl)CCCCCC1. The molecule has 1 saturated carbocycles. The van der Waals surface area contributed by atoms with E-state index in [4.69, 9.17) is 18.2 Å². The van der Waals surface area contributed by atoms with Crippen LogP contribution in [0.2, 0.25) is 5.02 Å². The molecule has 1 aromatic rings. The summed E-state index contributed by atoms with van der Waals surface area (Å²) >= 11 is 6.10. The summed E-state index contributed by atoms with van der Waals surface area (Å²) in [5.74, 6) is -0.340. The van der Waals surface area contributed by atoms with Gasteiger partial charge >= 0.3 is 0 Å². The quantitative estimate of drug-likeness (QED) is 0.491. The lowest BCUT2D eigenvalue weighted by Crippen LogP contribution is -2.21. The van der Waals surface area contributed by atoms with Crippen LogP contribution < -0.4 is 0 Å². The van der Waals surface area contributed by atoms with Crippen LogP contribution in [0.25, 0.3) is 4.85 Å². The van der Waals surface area contributed by atoms with Gasteiger partial charge in [0.25, 0.3) is 5.54 Å². The van der Waals surface area contributed by atoms with E-state index < -0.39 is 5.54 Å². The van der Waals surface area contributed by atoms with E-state index in [0.717, 1.165) is 31.2 Å². The van der Waals surface area contributed by atoms with Gasteiger partial charge in [-0.05, 0) is 31.0 Å². The Balaban J connectivity index is 2.43. The predicted octanol–water partition coefficient (Wildman–Crippen LogP) is 4.95. The average Bonchev–Trinajstić information content (AvgIpc) is 2.55. The second kappa shape index (κ2) is 5.06. The second-order valence-electron chi connectivity index (χ2n) is 4.68. The van der Waals surface area contributed by atoms with Gasteiger partial charge in [-0.15, -0.1) is 0 Å². The Hall–Kier alpha value is -1.07. The van der Waals surface area contributed by atoms with Gasteiger partial charge in [-0.25, -0.2) is 11.0 Å². The number of benzene rings is 1. The van der Waals surface area contributed by atoms with Crippen molar-refractivity contribution in [3.8, 4) is 0 Å². The van der Waals surface area contributed by atoms with E-state index in [-0.39, 0.29) is 5.82 Å². The summed E-state index contributed by atoms with van der Waals surface area (Å²) in [5.41, 5.74) is 0.277. The van der Waals surface area contributed by atoms with Gasteiger partial charge in [0.15, 0.2) is 0 Å². The lowest BCUT2D eigenvalue weighted by Gasteiger charge is -2.21. The molecule has 0 amide bonds.